The fourth-order valence-electron chi connectivity index (χ4n) is 3.42. The van der Waals surface area contributed by atoms with Crippen molar-refractivity contribution in [1.29, 1.82) is 0 Å². The molecule has 3 aromatic rings. The standard InChI is InChI=1S/C25H28F3N3O3/c1-16(2)23(32)31-22(11-19-13-29-21-6-4-3-5-20(19)21)24(33)30-12-17-7-9-18(10-8-17)14-34-15-25(26,27)28/h3-10,13,16,22,29H,11-12,14-15H2,1-2H3,(H,30,33)(H,31,32). The predicted octanol–water partition coefficient (Wildman–Crippen LogP) is 4.25. The van der Waals surface area contributed by atoms with E-state index in [9.17, 15) is 22.8 Å². The van der Waals surface area contributed by atoms with Crippen LogP contribution in [0, 0.1) is 5.92 Å². The number of fused-ring (bicyclic) bond motifs is 1. The zero-order valence-corrected chi connectivity index (χ0v) is 19.0. The first-order valence-corrected chi connectivity index (χ1v) is 11.0. The Hall–Kier alpha value is -3.33. The molecule has 1 heterocycles. The Labute approximate surface area is 195 Å². The number of ether oxygens (including phenoxy) is 1. The third-order valence-corrected chi connectivity index (χ3v) is 5.28. The van der Waals surface area contributed by atoms with E-state index in [1.165, 1.54) is 0 Å². The van der Waals surface area contributed by atoms with Gasteiger partial charge in [0.1, 0.15) is 12.6 Å². The number of halogens is 3. The summed E-state index contributed by atoms with van der Waals surface area (Å²) >= 11 is 0. The van der Waals surface area contributed by atoms with Crippen LogP contribution in [-0.4, -0.2) is 35.6 Å². The summed E-state index contributed by atoms with van der Waals surface area (Å²) in [5, 5.41) is 6.66. The van der Waals surface area contributed by atoms with Crippen LogP contribution in [0.3, 0.4) is 0 Å². The van der Waals surface area contributed by atoms with Gasteiger partial charge in [0.2, 0.25) is 11.8 Å². The quantitative estimate of drug-likeness (QED) is 0.410. The summed E-state index contributed by atoms with van der Waals surface area (Å²) in [6.07, 6.45) is -2.20. The average molecular weight is 476 g/mol. The van der Waals surface area contributed by atoms with Gasteiger partial charge in [-0.3, -0.25) is 9.59 Å². The number of hydrogen-bond donors (Lipinski definition) is 3. The molecule has 9 heteroatoms. The van der Waals surface area contributed by atoms with Gasteiger partial charge < -0.3 is 20.4 Å². The number of H-pyrrole nitrogens is 1. The Balaban J connectivity index is 1.61. The first kappa shape index (κ1) is 25.3. The Kier molecular flexibility index (Phi) is 8.33. The average Bonchev–Trinajstić information content (AvgIpc) is 3.20. The van der Waals surface area contributed by atoms with E-state index in [0.29, 0.717) is 12.0 Å². The number of amides is 2. The Morgan fingerprint density at radius 2 is 1.68 bits per heavy atom. The monoisotopic (exact) mass is 475 g/mol. The summed E-state index contributed by atoms with van der Waals surface area (Å²) in [6, 6.07) is 13.7. The van der Waals surface area contributed by atoms with Gasteiger partial charge in [-0.25, -0.2) is 0 Å². The van der Waals surface area contributed by atoms with Crippen molar-refractivity contribution in [3.8, 4) is 0 Å². The van der Waals surface area contributed by atoms with Crippen molar-refractivity contribution in [3.05, 3.63) is 71.4 Å². The molecule has 0 aliphatic rings. The lowest BCUT2D eigenvalue weighted by Gasteiger charge is -2.20. The molecule has 2 aromatic carbocycles. The molecular weight excluding hydrogens is 447 g/mol. The van der Waals surface area contributed by atoms with Crippen molar-refractivity contribution >= 4 is 22.7 Å². The van der Waals surface area contributed by atoms with E-state index in [1.807, 2.05) is 30.5 Å². The minimum atomic E-state index is -4.36. The molecule has 34 heavy (non-hydrogen) atoms. The van der Waals surface area contributed by atoms with Crippen molar-refractivity contribution in [3.63, 3.8) is 0 Å². The molecule has 6 nitrogen and oxygen atoms in total. The summed E-state index contributed by atoms with van der Waals surface area (Å²) in [7, 11) is 0. The van der Waals surface area contributed by atoms with Crippen LogP contribution in [0.25, 0.3) is 10.9 Å². The van der Waals surface area contributed by atoms with Crippen LogP contribution in [0.2, 0.25) is 0 Å². The van der Waals surface area contributed by atoms with Crippen LogP contribution in [-0.2, 0) is 33.9 Å². The molecule has 0 saturated heterocycles. The largest absolute Gasteiger partial charge is 0.411 e. The lowest BCUT2D eigenvalue weighted by molar-refractivity contribution is -0.176. The predicted molar refractivity (Wildman–Crippen MR) is 123 cm³/mol. The van der Waals surface area contributed by atoms with Gasteiger partial charge in [0.25, 0.3) is 0 Å². The SMILES string of the molecule is CC(C)C(=O)NC(Cc1c[nH]c2ccccc12)C(=O)NCc1ccc(COCC(F)(F)F)cc1. The molecule has 1 atom stereocenters. The first-order chi connectivity index (χ1) is 16.1. The van der Waals surface area contributed by atoms with Crippen LogP contribution >= 0.6 is 0 Å². The maximum absolute atomic E-state index is 13.0. The summed E-state index contributed by atoms with van der Waals surface area (Å²) < 4.78 is 41.2. The zero-order valence-electron chi connectivity index (χ0n) is 19.0. The van der Waals surface area contributed by atoms with Crippen molar-refractivity contribution in [1.82, 2.24) is 15.6 Å². The van der Waals surface area contributed by atoms with Gasteiger partial charge in [-0.15, -0.1) is 0 Å². The highest BCUT2D eigenvalue weighted by Crippen LogP contribution is 2.19. The molecular formula is C25H28F3N3O3. The molecule has 0 radical (unpaired) electrons. The van der Waals surface area contributed by atoms with E-state index in [-0.39, 0.29) is 30.9 Å². The van der Waals surface area contributed by atoms with E-state index < -0.39 is 18.8 Å². The van der Waals surface area contributed by atoms with Gasteiger partial charge in [-0.2, -0.15) is 13.2 Å². The molecule has 3 N–H and O–H groups in total. The van der Waals surface area contributed by atoms with E-state index >= 15 is 0 Å². The topological polar surface area (TPSA) is 83.2 Å². The number of alkyl halides is 3. The third-order valence-electron chi connectivity index (χ3n) is 5.28. The van der Waals surface area contributed by atoms with E-state index in [2.05, 4.69) is 20.4 Å². The summed E-state index contributed by atoms with van der Waals surface area (Å²) in [6.45, 7) is 2.28. The number of aromatic nitrogens is 1. The molecule has 182 valence electrons. The Morgan fingerprint density at radius 3 is 2.35 bits per heavy atom. The molecule has 0 bridgehead atoms. The van der Waals surface area contributed by atoms with Gasteiger partial charge >= 0.3 is 6.18 Å². The first-order valence-electron chi connectivity index (χ1n) is 11.0. The number of carbonyl (C=O) groups is 2. The second-order valence-electron chi connectivity index (χ2n) is 8.42. The molecule has 0 fully saturated rings. The van der Waals surface area contributed by atoms with Crippen LogP contribution in [0.1, 0.15) is 30.5 Å². The molecule has 1 aromatic heterocycles. The molecule has 1 unspecified atom stereocenters. The molecule has 2 amide bonds. The van der Waals surface area contributed by atoms with Gasteiger partial charge in [-0.05, 0) is 22.8 Å². The minimum absolute atomic E-state index is 0.153. The fourth-order valence-corrected chi connectivity index (χ4v) is 3.42. The molecule has 0 aliphatic heterocycles. The number of rotatable bonds is 10. The fraction of sp³-hybridized carbons (Fsp3) is 0.360. The highest BCUT2D eigenvalue weighted by molar-refractivity contribution is 5.90. The molecule has 0 spiro atoms. The van der Waals surface area contributed by atoms with Gasteiger partial charge in [0, 0.05) is 36.0 Å². The maximum Gasteiger partial charge on any atom is 0.411 e. The highest BCUT2D eigenvalue weighted by Gasteiger charge is 2.27. The van der Waals surface area contributed by atoms with Crippen molar-refractivity contribution in [2.75, 3.05) is 6.61 Å². The second kappa shape index (κ2) is 11.2. The zero-order chi connectivity index (χ0) is 24.7. The third kappa shape index (κ3) is 7.34. The molecule has 3 rings (SSSR count). The van der Waals surface area contributed by atoms with E-state index in [4.69, 9.17) is 0 Å². The maximum atomic E-state index is 13.0. The normalized spacial score (nSPS) is 12.6. The molecule has 0 saturated carbocycles. The Bertz CT molecular complexity index is 1110. The summed E-state index contributed by atoms with van der Waals surface area (Å²) in [4.78, 5) is 28.5. The number of carbonyl (C=O) groups excluding carboxylic acids is 2. The number of para-hydroxylation sites is 1. The lowest BCUT2D eigenvalue weighted by Crippen LogP contribution is -2.48. The molecule has 0 aliphatic carbocycles. The summed E-state index contributed by atoms with van der Waals surface area (Å²) in [5.74, 6) is -0.814. The van der Waals surface area contributed by atoms with Crippen LogP contribution in [0.5, 0.6) is 0 Å². The van der Waals surface area contributed by atoms with Crippen molar-refractivity contribution in [2.24, 2.45) is 5.92 Å². The van der Waals surface area contributed by atoms with Gasteiger partial charge in [-0.1, -0.05) is 56.3 Å². The van der Waals surface area contributed by atoms with Crippen LogP contribution in [0.4, 0.5) is 13.2 Å². The van der Waals surface area contributed by atoms with Crippen LogP contribution < -0.4 is 10.6 Å². The number of hydrogen-bond acceptors (Lipinski definition) is 3. The van der Waals surface area contributed by atoms with E-state index in [1.54, 1.807) is 38.1 Å². The number of aromatic amines is 1. The van der Waals surface area contributed by atoms with Crippen molar-refractivity contribution < 1.29 is 27.5 Å². The highest BCUT2D eigenvalue weighted by atomic mass is 19.4. The number of nitrogens with one attached hydrogen (secondary N) is 3. The second-order valence-corrected chi connectivity index (χ2v) is 8.42. The Morgan fingerprint density at radius 1 is 1.00 bits per heavy atom. The van der Waals surface area contributed by atoms with Gasteiger partial charge in [0.15, 0.2) is 0 Å². The van der Waals surface area contributed by atoms with Crippen molar-refractivity contribution in [2.45, 2.75) is 45.6 Å². The van der Waals surface area contributed by atoms with E-state index in [0.717, 1.165) is 22.0 Å². The number of benzene rings is 2. The lowest BCUT2D eigenvalue weighted by atomic mass is 10.0. The summed E-state index contributed by atoms with van der Waals surface area (Å²) in [5.41, 5.74) is 3.24. The van der Waals surface area contributed by atoms with Crippen LogP contribution in [0.15, 0.2) is 54.7 Å². The minimum Gasteiger partial charge on any atom is -0.367 e. The van der Waals surface area contributed by atoms with Gasteiger partial charge in [0.05, 0.1) is 6.61 Å². The smallest absolute Gasteiger partial charge is 0.367 e.